The highest BCUT2D eigenvalue weighted by molar-refractivity contribution is 5.77. The van der Waals surface area contributed by atoms with E-state index < -0.39 is 0 Å². The fourth-order valence-electron chi connectivity index (χ4n) is 3.07. The Morgan fingerprint density at radius 1 is 1.10 bits per heavy atom. The number of hydrogen-bond donors (Lipinski definition) is 3. The molecule has 0 aliphatic carbocycles. The van der Waals surface area contributed by atoms with Crippen LogP contribution in [-0.2, 0) is 14.3 Å². The van der Waals surface area contributed by atoms with Gasteiger partial charge in [-0.25, -0.2) is 0 Å². The molecule has 3 atom stereocenters. The Kier molecular flexibility index (Phi) is 18.8. The molecule has 0 saturated carbocycles. The third kappa shape index (κ3) is 18.7. The van der Waals surface area contributed by atoms with Crippen LogP contribution in [0.5, 0.6) is 0 Å². The van der Waals surface area contributed by atoms with Gasteiger partial charge in [0.2, 0.25) is 5.91 Å². The first-order chi connectivity index (χ1) is 14.4. The van der Waals surface area contributed by atoms with Crippen molar-refractivity contribution < 1.29 is 14.3 Å². The molecule has 4 N–H and O–H groups in total. The topological polar surface area (TPSA) is 98.0 Å². The van der Waals surface area contributed by atoms with Crippen molar-refractivity contribution in [3.63, 3.8) is 0 Å². The summed E-state index contributed by atoms with van der Waals surface area (Å²) in [6.07, 6.45) is 9.28. The van der Waals surface area contributed by atoms with Gasteiger partial charge in [-0.15, -0.1) is 0 Å². The van der Waals surface area contributed by atoms with Gasteiger partial charge in [-0.1, -0.05) is 32.8 Å². The molecule has 1 amide bonds. The van der Waals surface area contributed by atoms with E-state index in [0.717, 1.165) is 44.3 Å². The summed E-state index contributed by atoms with van der Waals surface area (Å²) in [5, 5.41) is 5.91. The quantitative estimate of drug-likeness (QED) is 0.218. The van der Waals surface area contributed by atoms with Crippen LogP contribution in [0.4, 0.5) is 0 Å². The van der Waals surface area contributed by atoms with Gasteiger partial charge >= 0.3 is 0 Å². The molecule has 0 aliphatic rings. The Labute approximate surface area is 184 Å². The van der Waals surface area contributed by atoms with Crippen LogP contribution >= 0.6 is 0 Å². The number of amides is 1. The van der Waals surface area contributed by atoms with E-state index in [4.69, 9.17) is 15.2 Å². The number of hydrogen-bond acceptors (Lipinski definition) is 6. The zero-order valence-electron chi connectivity index (χ0n) is 19.9. The predicted molar refractivity (Wildman–Crippen MR) is 126 cm³/mol. The van der Waals surface area contributed by atoms with E-state index in [1.165, 1.54) is 0 Å². The van der Waals surface area contributed by atoms with E-state index in [9.17, 15) is 4.79 Å². The molecule has 30 heavy (non-hydrogen) atoms. The number of nitrogens with zero attached hydrogens (tertiary/aromatic N) is 1. The number of unbranched alkanes of at least 4 members (excludes halogenated alkanes) is 1. The van der Waals surface area contributed by atoms with Gasteiger partial charge in [-0.2, -0.15) is 0 Å². The van der Waals surface area contributed by atoms with E-state index in [2.05, 4.69) is 35.7 Å². The van der Waals surface area contributed by atoms with Crippen LogP contribution in [0.2, 0.25) is 0 Å². The van der Waals surface area contributed by atoms with Crippen LogP contribution in [0.25, 0.3) is 0 Å². The minimum Gasteiger partial charge on any atom is -0.378 e. The number of nitrogens with two attached hydrogens (primary N) is 1. The molecule has 7 nitrogen and oxygen atoms in total. The van der Waals surface area contributed by atoms with Gasteiger partial charge in [0, 0.05) is 37.5 Å². The van der Waals surface area contributed by atoms with E-state index in [-0.39, 0.29) is 18.6 Å². The van der Waals surface area contributed by atoms with Crippen LogP contribution in [0, 0.1) is 11.8 Å². The Morgan fingerprint density at radius 3 is 2.50 bits per heavy atom. The van der Waals surface area contributed by atoms with E-state index in [0.29, 0.717) is 38.2 Å². The number of rotatable bonds is 19. The van der Waals surface area contributed by atoms with Gasteiger partial charge < -0.3 is 25.8 Å². The molecule has 0 spiro atoms. The number of allylic oxidation sites excluding steroid dienone is 1. The highest BCUT2D eigenvalue weighted by Gasteiger charge is 2.08. The van der Waals surface area contributed by atoms with Crippen LogP contribution in [-0.4, -0.2) is 64.7 Å². The highest BCUT2D eigenvalue weighted by atomic mass is 16.5. The summed E-state index contributed by atoms with van der Waals surface area (Å²) in [5.41, 5.74) is 6.91. The third-order valence-corrected chi connectivity index (χ3v) is 4.68. The van der Waals surface area contributed by atoms with Gasteiger partial charge in [0.25, 0.3) is 0 Å². The number of likely N-dealkylation sites (N-methyl/N-ethyl adjacent to an activating group) is 1. The summed E-state index contributed by atoms with van der Waals surface area (Å²) >= 11 is 0. The number of nitrogens with one attached hydrogen (secondary N) is 2. The zero-order chi connectivity index (χ0) is 22.6. The largest absolute Gasteiger partial charge is 0.378 e. The lowest BCUT2D eigenvalue weighted by atomic mass is 9.93. The molecule has 7 heteroatoms. The van der Waals surface area contributed by atoms with Crippen LogP contribution in [0.1, 0.15) is 59.8 Å². The zero-order valence-corrected chi connectivity index (χ0v) is 19.9. The van der Waals surface area contributed by atoms with Crippen molar-refractivity contribution in [2.24, 2.45) is 22.6 Å². The monoisotopic (exact) mass is 426 g/mol. The lowest BCUT2D eigenvalue weighted by molar-refractivity contribution is -0.126. The summed E-state index contributed by atoms with van der Waals surface area (Å²) in [4.78, 5) is 16.3. The molecule has 0 bridgehead atoms. The lowest BCUT2D eigenvalue weighted by Gasteiger charge is -2.14. The molecule has 0 aromatic rings. The normalized spacial score (nSPS) is 15.3. The Bertz CT molecular complexity index is 481. The second-order valence-electron chi connectivity index (χ2n) is 8.17. The molecule has 0 aromatic heterocycles. The molecule has 0 heterocycles. The lowest BCUT2D eigenvalue weighted by Crippen LogP contribution is -2.29. The first-order valence-corrected chi connectivity index (χ1v) is 11.4. The second-order valence-corrected chi connectivity index (χ2v) is 8.17. The summed E-state index contributed by atoms with van der Waals surface area (Å²) in [6, 6.07) is 0.136. The molecule has 0 saturated heterocycles. The van der Waals surface area contributed by atoms with E-state index >= 15 is 0 Å². The van der Waals surface area contributed by atoms with Crippen molar-refractivity contribution in [1.82, 2.24) is 10.6 Å². The van der Waals surface area contributed by atoms with Crippen LogP contribution in [0.15, 0.2) is 16.8 Å². The van der Waals surface area contributed by atoms with Gasteiger partial charge in [0.05, 0.1) is 19.8 Å². The fourth-order valence-corrected chi connectivity index (χ4v) is 3.07. The third-order valence-electron chi connectivity index (χ3n) is 4.68. The Hall–Kier alpha value is -1.28. The molecule has 2 unspecified atom stereocenters. The van der Waals surface area contributed by atoms with Gasteiger partial charge in [-0.3, -0.25) is 9.79 Å². The molecule has 0 rings (SSSR count). The summed E-state index contributed by atoms with van der Waals surface area (Å²) in [5.74, 6) is 1.02. The van der Waals surface area contributed by atoms with Crippen molar-refractivity contribution >= 4 is 12.1 Å². The van der Waals surface area contributed by atoms with Crippen LogP contribution in [0.3, 0.4) is 0 Å². The van der Waals surface area contributed by atoms with E-state index in [1.807, 2.05) is 27.0 Å². The Morgan fingerprint density at radius 2 is 1.83 bits per heavy atom. The average molecular weight is 427 g/mol. The van der Waals surface area contributed by atoms with Crippen molar-refractivity contribution in [2.75, 3.05) is 46.6 Å². The molecule has 0 aliphatic heterocycles. The minimum atomic E-state index is -0.0605. The molecular formula is C23H46N4O3. The van der Waals surface area contributed by atoms with Gasteiger partial charge in [-0.05, 0) is 45.6 Å². The maximum atomic E-state index is 11.7. The van der Waals surface area contributed by atoms with Gasteiger partial charge in [0.1, 0.15) is 6.61 Å². The minimum absolute atomic E-state index is 0.0605. The summed E-state index contributed by atoms with van der Waals surface area (Å²) in [6.45, 7) is 11.7. The van der Waals surface area contributed by atoms with Crippen molar-refractivity contribution in [3.8, 4) is 0 Å². The standard InChI is InChI=1S/C23H46N4O3/c1-6-22(16-21(4)24)27-17-20(3)15-19(2)9-7-8-10-26-23(28)18-30-14-13-29-12-11-25-5/h6,17,19-21,25H,7-16,18,24H2,1-5H3,(H,26,28)/b22-6-,27-17-/t19-,20?,21?/m0/s1. The molecule has 0 fully saturated rings. The van der Waals surface area contributed by atoms with Crippen molar-refractivity contribution in [2.45, 2.75) is 65.8 Å². The van der Waals surface area contributed by atoms with Crippen molar-refractivity contribution in [3.05, 3.63) is 11.8 Å². The highest BCUT2D eigenvalue weighted by Crippen LogP contribution is 2.17. The predicted octanol–water partition coefficient (Wildman–Crippen LogP) is 2.90. The second kappa shape index (κ2) is 19.7. The van der Waals surface area contributed by atoms with Gasteiger partial charge in [0.15, 0.2) is 0 Å². The maximum Gasteiger partial charge on any atom is 0.245 e. The molecule has 176 valence electrons. The van der Waals surface area contributed by atoms with E-state index in [1.54, 1.807) is 0 Å². The number of ether oxygens (including phenoxy) is 2. The molecule has 0 radical (unpaired) electrons. The maximum absolute atomic E-state index is 11.7. The van der Waals surface area contributed by atoms with Crippen molar-refractivity contribution in [1.29, 1.82) is 0 Å². The molecule has 0 aromatic carbocycles. The smallest absolute Gasteiger partial charge is 0.245 e. The molecular weight excluding hydrogens is 380 g/mol. The van der Waals surface area contributed by atoms with Crippen LogP contribution < -0.4 is 16.4 Å². The first-order valence-electron chi connectivity index (χ1n) is 11.4. The first kappa shape index (κ1) is 28.7. The number of carbonyl (C=O) groups excluding carboxylic acids is 1. The Balaban J connectivity index is 3.72. The number of carbonyl (C=O) groups is 1. The summed E-state index contributed by atoms with van der Waals surface area (Å²) in [7, 11) is 1.88. The number of aliphatic imine (C=N–C) groups is 1. The summed E-state index contributed by atoms with van der Waals surface area (Å²) < 4.78 is 10.6. The average Bonchev–Trinajstić information content (AvgIpc) is 2.69. The fraction of sp³-hybridized carbons (Fsp3) is 0.826. The SMILES string of the molecule is C/C=C(CC(C)N)\N=C/C(C)C[C@@H](C)CCCCNC(=O)COCCOCCNC.